The standard InChI is InChI=1S/C27H37F2N5O/c1-4-6-11-15-33(16-12-7-5-2)19-20(3)31-27(35)22-18-30-34-24(25(28)29)17-23(32-26(22)34)21-13-9-8-10-14-21/h8-10,13-14,17-18,20,25H,4-7,11-12,15-16,19H2,1-3H3,(H,31,35). The zero-order chi connectivity index (χ0) is 25.2. The van der Waals surface area contributed by atoms with Gasteiger partial charge >= 0.3 is 0 Å². The highest BCUT2D eigenvalue weighted by Crippen LogP contribution is 2.26. The number of hydrogen-bond acceptors (Lipinski definition) is 4. The molecule has 0 saturated heterocycles. The number of carbonyl (C=O) groups excluding carboxylic acids is 1. The number of aromatic nitrogens is 3. The van der Waals surface area contributed by atoms with E-state index in [9.17, 15) is 13.6 Å². The zero-order valence-electron chi connectivity index (χ0n) is 21.0. The Hall–Kier alpha value is -2.87. The fraction of sp³-hybridized carbons (Fsp3) is 0.519. The number of alkyl halides is 2. The summed E-state index contributed by atoms with van der Waals surface area (Å²) < 4.78 is 28.7. The average molecular weight is 486 g/mol. The number of nitrogens with zero attached hydrogens (tertiary/aromatic N) is 4. The van der Waals surface area contributed by atoms with Crippen LogP contribution in [0.2, 0.25) is 0 Å². The molecule has 0 aliphatic heterocycles. The van der Waals surface area contributed by atoms with Crippen molar-refractivity contribution in [3.05, 3.63) is 53.9 Å². The molecular formula is C27H37F2N5O. The van der Waals surface area contributed by atoms with E-state index in [4.69, 9.17) is 0 Å². The lowest BCUT2D eigenvalue weighted by Gasteiger charge is -2.26. The first kappa shape index (κ1) is 26.7. The number of nitrogens with one attached hydrogen (secondary N) is 1. The molecule has 0 aliphatic carbocycles. The van der Waals surface area contributed by atoms with Crippen LogP contribution in [0.4, 0.5) is 8.78 Å². The Morgan fingerprint density at radius 3 is 2.31 bits per heavy atom. The predicted molar refractivity (Wildman–Crippen MR) is 136 cm³/mol. The van der Waals surface area contributed by atoms with Gasteiger partial charge in [0.25, 0.3) is 12.3 Å². The first-order chi connectivity index (χ1) is 16.9. The SMILES string of the molecule is CCCCCN(CCCCC)CC(C)NC(=O)c1cnn2c(C(F)F)cc(-c3ccccc3)nc12. The Labute approximate surface area is 206 Å². The molecule has 2 heterocycles. The third-order valence-electron chi connectivity index (χ3n) is 6.10. The molecule has 1 amide bonds. The number of hydrogen-bond donors (Lipinski definition) is 1. The van der Waals surface area contributed by atoms with Crippen molar-refractivity contribution in [1.29, 1.82) is 0 Å². The molecule has 3 rings (SSSR count). The number of halogens is 2. The Morgan fingerprint density at radius 1 is 1.06 bits per heavy atom. The van der Waals surface area contributed by atoms with Gasteiger partial charge < -0.3 is 10.2 Å². The number of carbonyl (C=O) groups is 1. The van der Waals surface area contributed by atoms with Gasteiger partial charge in [-0.05, 0) is 38.9 Å². The molecule has 1 unspecified atom stereocenters. The molecule has 6 nitrogen and oxygen atoms in total. The quantitative estimate of drug-likeness (QED) is 0.279. The molecule has 0 saturated carbocycles. The van der Waals surface area contributed by atoms with Gasteiger partial charge in [-0.25, -0.2) is 18.3 Å². The summed E-state index contributed by atoms with van der Waals surface area (Å²) in [5.41, 5.74) is 1.12. The molecule has 1 aromatic carbocycles. The molecule has 1 N–H and O–H groups in total. The van der Waals surface area contributed by atoms with Crippen LogP contribution in [-0.2, 0) is 0 Å². The Balaban J connectivity index is 1.79. The molecule has 8 heteroatoms. The van der Waals surface area contributed by atoms with Crippen LogP contribution in [0.3, 0.4) is 0 Å². The monoisotopic (exact) mass is 485 g/mol. The average Bonchev–Trinajstić information content (AvgIpc) is 3.28. The molecule has 35 heavy (non-hydrogen) atoms. The van der Waals surface area contributed by atoms with Crippen molar-refractivity contribution in [2.75, 3.05) is 19.6 Å². The second kappa shape index (κ2) is 13.3. The van der Waals surface area contributed by atoms with Crippen molar-refractivity contribution in [2.45, 2.75) is 71.8 Å². The van der Waals surface area contributed by atoms with Crippen LogP contribution in [0, 0.1) is 0 Å². The molecule has 3 aromatic rings. The minimum absolute atomic E-state index is 0.104. The smallest absolute Gasteiger partial charge is 0.280 e. The topological polar surface area (TPSA) is 62.5 Å². The van der Waals surface area contributed by atoms with E-state index >= 15 is 0 Å². The lowest BCUT2D eigenvalue weighted by Crippen LogP contribution is -2.42. The minimum Gasteiger partial charge on any atom is -0.348 e. The van der Waals surface area contributed by atoms with Gasteiger partial charge in [0.2, 0.25) is 0 Å². The van der Waals surface area contributed by atoms with E-state index in [-0.39, 0.29) is 28.9 Å². The van der Waals surface area contributed by atoms with Crippen molar-refractivity contribution in [1.82, 2.24) is 24.8 Å². The van der Waals surface area contributed by atoms with Crippen molar-refractivity contribution >= 4 is 11.6 Å². The third-order valence-corrected chi connectivity index (χ3v) is 6.10. The first-order valence-electron chi connectivity index (χ1n) is 12.7. The van der Waals surface area contributed by atoms with E-state index in [2.05, 4.69) is 34.1 Å². The van der Waals surface area contributed by atoms with Gasteiger partial charge in [-0.2, -0.15) is 5.10 Å². The van der Waals surface area contributed by atoms with Crippen molar-refractivity contribution in [2.24, 2.45) is 0 Å². The summed E-state index contributed by atoms with van der Waals surface area (Å²) in [6.07, 6.45) is 5.57. The minimum atomic E-state index is -2.75. The molecule has 0 aliphatic rings. The Kier molecular flexibility index (Phi) is 10.1. The summed E-state index contributed by atoms with van der Waals surface area (Å²) >= 11 is 0. The fourth-order valence-electron chi connectivity index (χ4n) is 4.26. The summed E-state index contributed by atoms with van der Waals surface area (Å²) in [6.45, 7) is 9.11. The molecule has 2 aromatic heterocycles. The maximum atomic E-state index is 13.8. The van der Waals surface area contributed by atoms with Crippen LogP contribution < -0.4 is 5.32 Å². The molecule has 190 valence electrons. The van der Waals surface area contributed by atoms with Crippen LogP contribution in [0.5, 0.6) is 0 Å². The van der Waals surface area contributed by atoms with Crippen LogP contribution in [0.25, 0.3) is 16.9 Å². The highest BCUT2D eigenvalue weighted by atomic mass is 19.3. The van der Waals surface area contributed by atoms with Crippen LogP contribution >= 0.6 is 0 Å². The number of unbranched alkanes of at least 4 members (excludes halogenated alkanes) is 4. The molecule has 0 radical (unpaired) electrons. The largest absolute Gasteiger partial charge is 0.348 e. The Bertz CT molecular complexity index is 1060. The normalized spacial score (nSPS) is 12.5. The van der Waals surface area contributed by atoms with Gasteiger partial charge in [0.05, 0.1) is 11.9 Å². The van der Waals surface area contributed by atoms with Gasteiger partial charge in [-0.15, -0.1) is 0 Å². The van der Waals surface area contributed by atoms with E-state index in [0.717, 1.165) is 37.0 Å². The summed E-state index contributed by atoms with van der Waals surface area (Å²) in [7, 11) is 0. The van der Waals surface area contributed by atoms with Crippen molar-refractivity contribution < 1.29 is 13.6 Å². The van der Waals surface area contributed by atoms with Gasteiger partial charge in [-0.3, -0.25) is 4.79 Å². The second-order valence-electron chi connectivity index (χ2n) is 9.12. The van der Waals surface area contributed by atoms with E-state index < -0.39 is 6.43 Å². The number of amides is 1. The highest BCUT2D eigenvalue weighted by Gasteiger charge is 2.22. The third kappa shape index (κ3) is 7.31. The van der Waals surface area contributed by atoms with Gasteiger partial charge in [0, 0.05) is 18.2 Å². The summed E-state index contributed by atoms with van der Waals surface area (Å²) in [6, 6.07) is 10.3. The van der Waals surface area contributed by atoms with Crippen LogP contribution in [0.15, 0.2) is 42.6 Å². The summed E-state index contributed by atoms with van der Waals surface area (Å²) in [5.74, 6) is -0.354. The number of fused-ring (bicyclic) bond motifs is 1. The molecule has 0 fully saturated rings. The summed E-state index contributed by atoms with van der Waals surface area (Å²) in [4.78, 5) is 20.1. The lowest BCUT2D eigenvalue weighted by atomic mass is 10.1. The van der Waals surface area contributed by atoms with Gasteiger partial charge in [0.1, 0.15) is 11.3 Å². The molecular weight excluding hydrogens is 448 g/mol. The lowest BCUT2D eigenvalue weighted by molar-refractivity contribution is 0.0929. The van der Waals surface area contributed by atoms with Crippen molar-refractivity contribution in [3.63, 3.8) is 0 Å². The van der Waals surface area contributed by atoms with Crippen molar-refractivity contribution in [3.8, 4) is 11.3 Å². The van der Waals surface area contributed by atoms with Crippen LogP contribution in [0.1, 0.15) is 81.8 Å². The number of benzene rings is 1. The second-order valence-corrected chi connectivity index (χ2v) is 9.12. The summed E-state index contributed by atoms with van der Waals surface area (Å²) in [5, 5.41) is 7.10. The maximum absolute atomic E-state index is 13.8. The van der Waals surface area contributed by atoms with E-state index in [1.165, 1.54) is 37.9 Å². The first-order valence-corrected chi connectivity index (χ1v) is 12.7. The van der Waals surface area contributed by atoms with Crippen LogP contribution in [-0.4, -0.2) is 51.1 Å². The van der Waals surface area contributed by atoms with E-state index in [0.29, 0.717) is 11.3 Å². The molecule has 1 atom stereocenters. The van der Waals surface area contributed by atoms with E-state index in [1.807, 2.05) is 25.1 Å². The highest BCUT2D eigenvalue weighted by molar-refractivity contribution is 6.00. The molecule has 0 spiro atoms. The Morgan fingerprint density at radius 2 is 1.71 bits per heavy atom. The van der Waals surface area contributed by atoms with Gasteiger partial charge in [0.15, 0.2) is 5.65 Å². The van der Waals surface area contributed by atoms with Gasteiger partial charge in [-0.1, -0.05) is 69.9 Å². The zero-order valence-corrected chi connectivity index (χ0v) is 21.0. The molecule has 0 bridgehead atoms. The maximum Gasteiger partial charge on any atom is 0.280 e. The fourth-order valence-corrected chi connectivity index (χ4v) is 4.26. The number of rotatable bonds is 14. The van der Waals surface area contributed by atoms with E-state index in [1.54, 1.807) is 12.1 Å². The predicted octanol–water partition coefficient (Wildman–Crippen LogP) is 6.13.